The van der Waals surface area contributed by atoms with Gasteiger partial charge in [0.1, 0.15) is 5.75 Å². The second kappa shape index (κ2) is 6.87. The van der Waals surface area contributed by atoms with Crippen LogP contribution in [0, 0.1) is 5.92 Å². The van der Waals surface area contributed by atoms with Crippen molar-refractivity contribution in [1.82, 2.24) is 0 Å². The molecule has 0 aliphatic rings. The minimum atomic E-state index is 0.00231. The average molecular weight is 256 g/mol. The molecule has 2 nitrogen and oxygen atoms in total. The Labute approximate surface area is 109 Å². The van der Waals surface area contributed by atoms with E-state index < -0.39 is 0 Å². The molecule has 0 aromatic heterocycles. The number of nitrogens with two attached hydrogens (primary N) is 1. The zero-order valence-corrected chi connectivity index (χ0v) is 11.6. The summed E-state index contributed by atoms with van der Waals surface area (Å²) in [5.41, 5.74) is 6.82. The van der Waals surface area contributed by atoms with Crippen molar-refractivity contribution in [2.24, 2.45) is 11.7 Å². The quantitative estimate of drug-likeness (QED) is 0.774. The minimum absolute atomic E-state index is 0.00231. The lowest BCUT2D eigenvalue weighted by Crippen LogP contribution is -2.05. The molecule has 0 unspecified atom stereocenters. The molecule has 0 saturated heterocycles. The molecular weight excluding hydrogens is 234 g/mol. The summed E-state index contributed by atoms with van der Waals surface area (Å²) >= 11 is 6.13. The van der Waals surface area contributed by atoms with Crippen LogP contribution in [0.5, 0.6) is 5.75 Å². The van der Waals surface area contributed by atoms with Gasteiger partial charge < -0.3 is 10.5 Å². The van der Waals surface area contributed by atoms with E-state index >= 15 is 0 Å². The molecule has 0 amide bonds. The normalized spacial score (nSPS) is 12.8. The van der Waals surface area contributed by atoms with Gasteiger partial charge in [0.15, 0.2) is 0 Å². The molecule has 1 rings (SSSR count). The zero-order chi connectivity index (χ0) is 12.8. The van der Waals surface area contributed by atoms with Crippen molar-refractivity contribution < 1.29 is 4.74 Å². The van der Waals surface area contributed by atoms with Gasteiger partial charge in [-0.05, 0) is 43.4 Å². The van der Waals surface area contributed by atoms with Crippen molar-refractivity contribution in [3.05, 3.63) is 28.8 Å². The van der Waals surface area contributed by atoms with Gasteiger partial charge >= 0.3 is 0 Å². The van der Waals surface area contributed by atoms with Crippen molar-refractivity contribution in [2.75, 3.05) is 6.61 Å². The Morgan fingerprint density at radius 1 is 1.29 bits per heavy atom. The van der Waals surface area contributed by atoms with Gasteiger partial charge in [-0.15, -0.1) is 0 Å². The summed E-state index contributed by atoms with van der Waals surface area (Å²) in [6, 6.07) is 5.75. The lowest BCUT2D eigenvalue weighted by atomic mass is 10.1. The topological polar surface area (TPSA) is 35.2 Å². The molecule has 0 saturated carbocycles. The summed E-state index contributed by atoms with van der Waals surface area (Å²) in [4.78, 5) is 0. The molecule has 0 spiro atoms. The Hall–Kier alpha value is -0.730. The van der Waals surface area contributed by atoms with Gasteiger partial charge in [0, 0.05) is 6.04 Å². The zero-order valence-electron chi connectivity index (χ0n) is 10.9. The SMILES string of the molecule is CC(C)CCCOc1ccc([C@H](C)N)cc1Cl. The first-order valence-corrected chi connectivity index (χ1v) is 6.56. The summed E-state index contributed by atoms with van der Waals surface area (Å²) in [6.07, 6.45) is 2.23. The lowest BCUT2D eigenvalue weighted by Gasteiger charge is -2.11. The third kappa shape index (κ3) is 4.97. The van der Waals surface area contributed by atoms with Gasteiger partial charge in [-0.25, -0.2) is 0 Å². The minimum Gasteiger partial charge on any atom is -0.492 e. The molecule has 96 valence electrons. The maximum atomic E-state index is 6.13. The van der Waals surface area contributed by atoms with Gasteiger partial charge in [0.2, 0.25) is 0 Å². The first-order chi connectivity index (χ1) is 8.00. The maximum absolute atomic E-state index is 6.13. The van der Waals surface area contributed by atoms with Crippen molar-refractivity contribution in [1.29, 1.82) is 0 Å². The maximum Gasteiger partial charge on any atom is 0.137 e. The molecule has 2 N–H and O–H groups in total. The number of hydrogen-bond donors (Lipinski definition) is 1. The third-order valence-corrected chi connectivity index (χ3v) is 2.96. The highest BCUT2D eigenvalue weighted by molar-refractivity contribution is 6.32. The van der Waals surface area contributed by atoms with E-state index in [-0.39, 0.29) is 6.04 Å². The molecular formula is C14H22ClNO. The summed E-state index contributed by atoms with van der Waals surface area (Å²) in [5.74, 6) is 1.47. The van der Waals surface area contributed by atoms with Gasteiger partial charge in [-0.3, -0.25) is 0 Å². The van der Waals surface area contributed by atoms with E-state index in [0.717, 1.165) is 30.3 Å². The van der Waals surface area contributed by atoms with Crippen LogP contribution in [0.3, 0.4) is 0 Å². The van der Waals surface area contributed by atoms with Gasteiger partial charge in [0.25, 0.3) is 0 Å². The number of halogens is 1. The Balaban J connectivity index is 2.49. The molecule has 1 atom stereocenters. The van der Waals surface area contributed by atoms with Crippen LogP contribution in [-0.2, 0) is 0 Å². The fourth-order valence-electron chi connectivity index (χ4n) is 1.59. The Kier molecular flexibility index (Phi) is 5.79. The highest BCUT2D eigenvalue weighted by Gasteiger charge is 2.05. The van der Waals surface area contributed by atoms with Crippen molar-refractivity contribution in [3.63, 3.8) is 0 Å². The fourth-order valence-corrected chi connectivity index (χ4v) is 1.83. The number of ether oxygens (including phenoxy) is 1. The van der Waals surface area contributed by atoms with E-state index in [9.17, 15) is 0 Å². The standard InChI is InChI=1S/C14H22ClNO/c1-10(2)5-4-8-17-14-7-6-12(11(3)16)9-13(14)15/h6-7,9-11H,4-5,8,16H2,1-3H3/t11-/m0/s1. The molecule has 17 heavy (non-hydrogen) atoms. The fraction of sp³-hybridized carbons (Fsp3) is 0.571. The van der Waals surface area contributed by atoms with E-state index in [4.69, 9.17) is 22.1 Å². The van der Waals surface area contributed by atoms with E-state index in [1.54, 1.807) is 0 Å². The van der Waals surface area contributed by atoms with Crippen molar-refractivity contribution in [3.8, 4) is 5.75 Å². The highest BCUT2D eigenvalue weighted by Crippen LogP contribution is 2.27. The van der Waals surface area contributed by atoms with Crippen LogP contribution in [0.15, 0.2) is 18.2 Å². The van der Waals surface area contributed by atoms with Crippen molar-refractivity contribution >= 4 is 11.6 Å². The van der Waals surface area contributed by atoms with Gasteiger partial charge in [-0.1, -0.05) is 31.5 Å². The summed E-state index contributed by atoms with van der Waals surface area (Å²) < 4.78 is 5.65. The van der Waals surface area contributed by atoms with Crippen molar-refractivity contribution in [2.45, 2.75) is 39.7 Å². The highest BCUT2D eigenvalue weighted by atomic mass is 35.5. The first kappa shape index (κ1) is 14.3. The molecule has 0 heterocycles. The molecule has 0 radical (unpaired) electrons. The molecule has 0 bridgehead atoms. The van der Waals surface area contributed by atoms with Crippen LogP contribution in [0.2, 0.25) is 5.02 Å². The van der Waals surface area contributed by atoms with E-state index in [1.807, 2.05) is 25.1 Å². The van der Waals surface area contributed by atoms with Crippen LogP contribution >= 0.6 is 11.6 Å². The summed E-state index contributed by atoms with van der Waals surface area (Å²) in [7, 11) is 0. The average Bonchev–Trinajstić information content (AvgIpc) is 2.25. The predicted octanol–water partition coefficient (Wildman–Crippen LogP) is 4.17. The van der Waals surface area contributed by atoms with Gasteiger partial charge in [-0.2, -0.15) is 0 Å². The number of rotatable bonds is 6. The largest absolute Gasteiger partial charge is 0.492 e. The van der Waals surface area contributed by atoms with E-state index in [0.29, 0.717) is 5.02 Å². The molecule has 0 aliphatic carbocycles. The third-order valence-electron chi connectivity index (χ3n) is 2.67. The second-order valence-corrected chi connectivity index (χ2v) is 5.27. The molecule has 1 aromatic carbocycles. The van der Waals surface area contributed by atoms with Crippen LogP contribution in [0.1, 0.15) is 45.2 Å². The van der Waals surface area contributed by atoms with Gasteiger partial charge in [0.05, 0.1) is 11.6 Å². The smallest absolute Gasteiger partial charge is 0.137 e. The second-order valence-electron chi connectivity index (χ2n) is 4.86. The van der Waals surface area contributed by atoms with E-state index in [2.05, 4.69) is 13.8 Å². The molecule has 3 heteroatoms. The predicted molar refractivity (Wildman–Crippen MR) is 73.6 cm³/mol. The van der Waals surface area contributed by atoms with Crippen LogP contribution in [0.4, 0.5) is 0 Å². The summed E-state index contributed by atoms with van der Waals surface area (Å²) in [6.45, 7) is 7.08. The first-order valence-electron chi connectivity index (χ1n) is 6.18. The Morgan fingerprint density at radius 3 is 2.53 bits per heavy atom. The summed E-state index contributed by atoms with van der Waals surface area (Å²) in [5, 5.41) is 0.643. The molecule has 1 aromatic rings. The Bertz CT molecular complexity index is 350. The van der Waals surface area contributed by atoms with Crippen LogP contribution in [-0.4, -0.2) is 6.61 Å². The van der Waals surface area contributed by atoms with Crippen LogP contribution in [0.25, 0.3) is 0 Å². The number of benzene rings is 1. The number of hydrogen-bond acceptors (Lipinski definition) is 2. The molecule has 0 fully saturated rings. The lowest BCUT2D eigenvalue weighted by molar-refractivity contribution is 0.298. The monoisotopic (exact) mass is 255 g/mol. The van der Waals surface area contributed by atoms with E-state index in [1.165, 1.54) is 6.42 Å². The Morgan fingerprint density at radius 2 is 2.00 bits per heavy atom. The molecule has 0 aliphatic heterocycles. The van der Waals surface area contributed by atoms with Crippen LogP contribution < -0.4 is 10.5 Å².